The lowest BCUT2D eigenvalue weighted by Crippen LogP contribution is -2.27. The molecule has 0 aliphatic heterocycles. The molecule has 2 N–H and O–H groups in total. The summed E-state index contributed by atoms with van der Waals surface area (Å²) in [5.41, 5.74) is 5.89. The molecule has 0 bridgehead atoms. The van der Waals surface area contributed by atoms with E-state index in [0.717, 1.165) is 0 Å². The van der Waals surface area contributed by atoms with Crippen molar-refractivity contribution in [2.45, 2.75) is 13.0 Å². The molecule has 0 aliphatic rings. The fourth-order valence-electron chi connectivity index (χ4n) is 1.38. The normalized spacial score (nSPS) is 12.3. The molecule has 0 radical (unpaired) electrons. The number of nitrogens with zero attached hydrogens (tertiary/aromatic N) is 1. The van der Waals surface area contributed by atoms with Gasteiger partial charge >= 0.3 is 6.09 Å². The standard InChI is InChI=1S/C11H10N2O4/c1-6(16-11(12)15)9(14)10-13-7-4-2-3-5-8(7)17-10/h2-6H,1H3,(H2,12,15)/t6-/m0/s1. The number of carbonyl (C=O) groups excluding carboxylic acids is 2. The highest BCUT2D eigenvalue weighted by atomic mass is 16.6. The van der Waals surface area contributed by atoms with E-state index in [0.29, 0.717) is 11.1 Å². The molecule has 0 saturated carbocycles. The van der Waals surface area contributed by atoms with Gasteiger partial charge in [0.15, 0.2) is 11.7 Å². The molecule has 0 aliphatic carbocycles. The zero-order chi connectivity index (χ0) is 12.4. The maximum atomic E-state index is 11.8. The number of rotatable bonds is 3. The Bertz CT molecular complexity index is 543. The second-order valence-electron chi connectivity index (χ2n) is 3.43. The van der Waals surface area contributed by atoms with Gasteiger partial charge in [-0.3, -0.25) is 4.79 Å². The predicted molar refractivity (Wildman–Crippen MR) is 58.5 cm³/mol. The molecule has 1 atom stereocenters. The molecule has 1 aromatic carbocycles. The molecule has 17 heavy (non-hydrogen) atoms. The molecular weight excluding hydrogens is 224 g/mol. The summed E-state index contributed by atoms with van der Waals surface area (Å²) in [7, 11) is 0. The Balaban J connectivity index is 2.27. The van der Waals surface area contributed by atoms with E-state index in [1.807, 2.05) is 0 Å². The van der Waals surface area contributed by atoms with E-state index in [9.17, 15) is 9.59 Å². The topological polar surface area (TPSA) is 95.4 Å². The van der Waals surface area contributed by atoms with Crippen molar-refractivity contribution in [1.82, 2.24) is 4.98 Å². The lowest BCUT2D eigenvalue weighted by Gasteiger charge is -2.06. The van der Waals surface area contributed by atoms with E-state index >= 15 is 0 Å². The number of primary amides is 1. The van der Waals surface area contributed by atoms with Gasteiger partial charge in [0, 0.05) is 0 Å². The first kappa shape index (κ1) is 11.1. The van der Waals surface area contributed by atoms with Crippen LogP contribution in [0, 0.1) is 0 Å². The van der Waals surface area contributed by atoms with Crippen LogP contribution in [0.2, 0.25) is 0 Å². The highest BCUT2D eigenvalue weighted by Crippen LogP contribution is 2.16. The van der Waals surface area contributed by atoms with Gasteiger partial charge in [-0.05, 0) is 19.1 Å². The summed E-state index contributed by atoms with van der Waals surface area (Å²) in [6.07, 6.45) is -2.03. The highest BCUT2D eigenvalue weighted by Gasteiger charge is 2.23. The monoisotopic (exact) mass is 234 g/mol. The zero-order valence-corrected chi connectivity index (χ0v) is 9.04. The molecular formula is C11H10N2O4. The summed E-state index contributed by atoms with van der Waals surface area (Å²) in [5, 5.41) is 0. The van der Waals surface area contributed by atoms with Gasteiger partial charge in [-0.25, -0.2) is 9.78 Å². The van der Waals surface area contributed by atoms with Crippen LogP contribution in [0.25, 0.3) is 11.1 Å². The molecule has 6 nitrogen and oxygen atoms in total. The third-order valence-corrected chi connectivity index (χ3v) is 2.17. The second-order valence-corrected chi connectivity index (χ2v) is 3.43. The SMILES string of the molecule is C[C@H](OC(N)=O)C(=O)c1nc2ccccc2o1. The minimum atomic E-state index is -1.01. The van der Waals surface area contributed by atoms with Crippen LogP contribution in [0.4, 0.5) is 4.79 Å². The van der Waals surface area contributed by atoms with E-state index < -0.39 is 18.0 Å². The van der Waals surface area contributed by atoms with Gasteiger partial charge in [0.05, 0.1) is 0 Å². The van der Waals surface area contributed by atoms with Crippen molar-refractivity contribution in [3.05, 3.63) is 30.2 Å². The van der Waals surface area contributed by atoms with Crippen molar-refractivity contribution in [1.29, 1.82) is 0 Å². The lowest BCUT2D eigenvalue weighted by atomic mass is 10.2. The van der Waals surface area contributed by atoms with Crippen LogP contribution in [-0.4, -0.2) is 23.0 Å². The molecule has 2 aromatic rings. The van der Waals surface area contributed by atoms with Crippen LogP contribution >= 0.6 is 0 Å². The minimum absolute atomic E-state index is 0.0973. The molecule has 0 spiro atoms. The number of ketones is 1. The Morgan fingerprint density at radius 1 is 1.41 bits per heavy atom. The summed E-state index contributed by atoms with van der Waals surface area (Å²) in [6, 6.07) is 6.96. The number of hydrogen-bond donors (Lipinski definition) is 1. The Kier molecular flexibility index (Phi) is 2.78. The maximum Gasteiger partial charge on any atom is 0.405 e. The smallest absolute Gasteiger partial charge is 0.405 e. The number of carbonyl (C=O) groups is 2. The van der Waals surface area contributed by atoms with Crippen LogP contribution < -0.4 is 5.73 Å². The molecule has 1 heterocycles. The summed E-state index contributed by atoms with van der Waals surface area (Å²) >= 11 is 0. The Hall–Kier alpha value is -2.37. The third-order valence-electron chi connectivity index (χ3n) is 2.17. The molecule has 6 heteroatoms. The van der Waals surface area contributed by atoms with Crippen LogP contribution in [0.15, 0.2) is 28.7 Å². The molecule has 0 fully saturated rings. The minimum Gasteiger partial charge on any atom is -0.438 e. The average molecular weight is 234 g/mol. The number of oxazole rings is 1. The molecule has 1 amide bonds. The van der Waals surface area contributed by atoms with E-state index in [1.165, 1.54) is 6.92 Å². The third kappa shape index (κ3) is 2.25. The number of para-hydroxylation sites is 2. The van der Waals surface area contributed by atoms with Crippen molar-refractivity contribution < 1.29 is 18.7 Å². The Morgan fingerprint density at radius 2 is 2.12 bits per heavy atom. The molecule has 2 rings (SSSR count). The van der Waals surface area contributed by atoms with Crippen LogP contribution in [-0.2, 0) is 4.74 Å². The largest absolute Gasteiger partial charge is 0.438 e. The van der Waals surface area contributed by atoms with Gasteiger partial charge in [-0.15, -0.1) is 0 Å². The number of nitrogens with two attached hydrogens (primary N) is 1. The van der Waals surface area contributed by atoms with Gasteiger partial charge in [-0.1, -0.05) is 12.1 Å². The number of hydrogen-bond acceptors (Lipinski definition) is 5. The number of aromatic nitrogens is 1. The molecule has 0 saturated heterocycles. The van der Waals surface area contributed by atoms with Crippen molar-refractivity contribution in [2.24, 2.45) is 5.73 Å². The molecule has 0 unspecified atom stereocenters. The summed E-state index contributed by atoms with van der Waals surface area (Å²) in [5.74, 6) is -0.625. The Morgan fingerprint density at radius 3 is 2.76 bits per heavy atom. The lowest BCUT2D eigenvalue weighted by molar-refractivity contribution is 0.0664. The van der Waals surface area contributed by atoms with Crippen molar-refractivity contribution >= 4 is 23.0 Å². The van der Waals surface area contributed by atoms with Gasteiger partial charge in [0.2, 0.25) is 0 Å². The van der Waals surface area contributed by atoms with Crippen molar-refractivity contribution in [3.8, 4) is 0 Å². The average Bonchev–Trinajstić information content (AvgIpc) is 2.70. The van der Waals surface area contributed by atoms with E-state index in [-0.39, 0.29) is 5.89 Å². The van der Waals surface area contributed by atoms with E-state index in [2.05, 4.69) is 9.72 Å². The summed E-state index contributed by atoms with van der Waals surface area (Å²) in [4.78, 5) is 26.3. The molecule has 1 aromatic heterocycles. The maximum absolute atomic E-state index is 11.8. The first-order chi connectivity index (χ1) is 8.08. The number of amides is 1. The van der Waals surface area contributed by atoms with Gasteiger partial charge in [0.25, 0.3) is 11.7 Å². The van der Waals surface area contributed by atoms with Crippen LogP contribution in [0.3, 0.4) is 0 Å². The van der Waals surface area contributed by atoms with Gasteiger partial charge in [0.1, 0.15) is 5.52 Å². The van der Waals surface area contributed by atoms with Gasteiger partial charge < -0.3 is 14.9 Å². The van der Waals surface area contributed by atoms with Crippen molar-refractivity contribution in [3.63, 3.8) is 0 Å². The van der Waals surface area contributed by atoms with Gasteiger partial charge in [-0.2, -0.15) is 0 Å². The fraction of sp³-hybridized carbons (Fsp3) is 0.182. The highest BCUT2D eigenvalue weighted by molar-refractivity contribution is 5.97. The summed E-state index contributed by atoms with van der Waals surface area (Å²) in [6.45, 7) is 1.40. The van der Waals surface area contributed by atoms with Crippen molar-refractivity contribution in [2.75, 3.05) is 0 Å². The first-order valence-electron chi connectivity index (χ1n) is 4.94. The number of Topliss-reactive ketones (excluding diaryl/α,β-unsaturated/α-hetero) is 1. The Labute approximate surface area is 96.4 Å². The fourth-order valence-corrected chi connectivity index (χ4v) is 1.38. The zero-order valence-electron chi connectivity index (χ0n) is 9.04. The van der Waals surface area contributed by atoms with E-state index in [1.54, 1.807) is 24.3 Å². The van der Waals surface area contributed by atoms with E-state index in [4.69, 9.17) is 10.2 Å². The summed E-state index contributed by atoms with van der Waals surface area (Å²) < 4.78 is 9.79. The number of benzene rings is 1. The van der Waals surface area contributed by atoms with Crippen LogP contribution in [0.5, 0.6) is 0 Å². The van der Waals surface area contributed by atoms with Crippen LogP contribution in [0.1, 0.15) is 17.6 Å². The first-order valence-corrected chi connectivity index (χ1v) is 4.94. The predicted octanol–water partition coefficient (Wildman–Crippen LogP) is 1.49. The number of ether oxygens (including phenoxy) is 1. The molecule has 88 valence electrons. The quantitative estimate of drug-likeness (QED) is 0.811. The number of fused-ring (bicyclic) bond motifs is 1. The second kappa shape index (κ2) is 4.25.